The summed E-state index contributed by atoms with van der Waals surface area (Å²) >= 11 is 0. The van der Waals surface area contributed by atoms with Crippen LogP contribution in [0.4, 0.5) is 5.82 Å². The first kappa shape index (κ1) is 13.9. The fourth-order valence-electron chi connectivity index (χ4n) is 1.97. The van der Waals surface area contributed by atoms with Crippen LogP contribution < -0.4 is 10.6 Å². The lowest BCUT2D eigenvalue weighted by Gasteiger charge is -2.22. The van der Waals surface area contributed by atoms with Gasteiger partial charge in [0.05, 0.1) is 0 Å². The Morgan fingerprint density at radius 3 is 2.70 bits per heavy atom. The minimum atomic E-state index is 0.0874. The van der Waals surface area contributed by atoms with E-state index < -0.39 is 0 Å². The highest BCUT2D eigenvalue weighted by atomic mass is 16.4. The Labute approximate surface area is 118 Å². The first-order chi connectivity index (χ1) is 9.74. The summed E-state index contributed by atoms with van der Waals surface area (Å²) in [5, 5.41) is 11.8. The Morgan fingerprint density at radius 1 is 1.30 bits per heavy atom. The van der Waals surface area contributed by atoms with E-state index in [1.165, 1.54) is 5.56 Å². The molecule has 0 amide bonds. The number of nitrogens with zero attached hydrogens (tertiary/aromatic N) is 3. The maximum atomic E-state index is 8.74. The first-order valence-electron chi connectivity index (χ1n) is 6.47. The van der Waals surface area contributed by atoms with Gasteiger partial charge in [0.2, 0.25) is 0 Å². The van der Waals surface area contributed by atoms with Crippen molar-refractivity contribution in [1.29, 1.82) is 0 Å². The lowest BCUT2D eigenvalue weighted by molar-refractivity contribution is 0.318. The van der Waals surface area contributed by atoms with E-state index in [-0.39, 0.29) is 5.84 Å². The molecule has 104 valence electrons. The number of aromatic nitrogens is 1. The quantitative estimate of drug-likeness (QED) is 0.378. The molecule has 0 aliphatic carbocycles. The number of amidine groups is 1. The van der Waals surface area contributed by atoms with E-state index in [1.807, 2.05) is 24.3 Å². The molecule has 0 saturated carbocycles. The molecule has 2 aromatic rings. The third-order valence-corrected chi connectivity index (χ3v) is 3.07. The smallest absolute Gasteiger partial charge is 0.170 e. The van der Waals surface area contributed by atoms with Crippen molar-refractivity contribution in [2.75, 3.05) is 11.4 Å². The van der Waals surface area contributed by atoms with E-state index in [0.29, 0.717) is 5.56 Å². The summed E-state index contributed by atoms with van der Waals surface area (Å²) in [6, 6.07) is 13.7. The molecule has 5 heteroatoms. The summed E-state index contributed by atoms with van der Waals surface area (Å²) in [5.74, 6) is 0.893. The molecule has 2 rings (SSSR count). The first-order valence-corrected chi connectivity index (χ1v) is 6.47. The highest BCUT2D eigenvalue weighted by Gasteiger charge is 2.09. The number of anilines is 1. The van der Waals surface area contributed by atoms with Crippen molar-refractivity contribution in [3.63, 3.8) is 0 Å². The molecule has 1 aromatic heterocycles. The van der Waals surface area contributed by atoms with E-state index in [1.54, 1.807) is 12.3 Å². The van der Waals surface area contributed by atoms with Crippen LogP contribution in [0, 0.1) is 0 Å². The van der Waals surface area contributed by atoms with Crippen molar-refractivity contribution in [3.05, 3.63) is 59.8 Å². The van der Waals surface area contributed by atoms with E-state index in [9.17, 15) is 0 Å². The van der Waals surface area contributed by atoms with Crippen molar-refractivity contribution >= 4 is 11.7 Å². The second-order valence-electron chi connectivity index (χ2n) is 4.39. The fourth-order valence-corrected chi connectivity index (χ4v) is 1.97. The number of hydrogen-bond donors (Lipinski definition) is 2. The van der Waals surface area contributed by atoms with Crippen LogP contribution in [-0.2, 0) is 6.54 Å². The summed E-state index contributed by atoms with van der Waals surface area (Å²) in [6.45, 7) is 3.66. The average molecular weight is 270 g/mol. The maximum Gasteiger partial charge on any atom is 0.170 e. The fraction of sp³-hybridized carbons (Fsp3) is 0.200. The van der Waals surface area contributed by atoms with Gasteiger partial charge in [0.1, 0.15) is 5.82 Å². The number of hydrogen-bond acceptors (Lipinski definition) is 4. The van der Waals surface area contributed by atoms with Crippen LogP contribution in [0.3, 0.4) is 0 Å². The van der Waals surface area contributed by atoms with Gasteiger partial charge in [0, 0.05) is 24.8 Å². The van der Waals surface area contributed by atoms with Crippen LogP contribution in [-0.4, -0.2) is 22.6 Å². The zero-order valence-electron chi connectivity index (χ0n) is 11.4. The van der Waals surface area contributed by atoms with Gasteiger partial charge in [0.25, 0.3) is 0 Å². The molecule has 0 bridgehead atoms. The van der Waals surface area contributed by atoms with Gasteiger partial charge in [-0.25, -0.2) is 4.98 Å². The van der Waals surface area contributed by atoms with Crippen molar-refractivity contribution in [1.82, 2.24) is 4.98 Å². The number of benzene rings is 1. The van der Waals surface area contributed by atoms with E-state index >= 15 is 0 Å². The van der Waals surface area contributed by atoms with Gasteiger partial charge < -0.3 is 15.8 Å². The van der Waals surface area contributed by atoms with Crippen molar-refractivity contribution < 1.29 is 5.21 Å². The van der Waals surface area contributed by atoms with Gasteiger partial charge in [-0.3, -0.25) is 0 Å². The third kappa shape index (κ3) is 3.26. The second kappa shape index (κ2) is 6.56. The molecule has 0 fully saturated rings. The molecule has 20 heavy (non-hydrogen) atoms. The summed E-state index contributed by atoms with van der Waals surface area (Å²) in [5.41, 5.74) is 7.48. The number of nitrogens with two attached hydrogens (primary N) is 1. The lowest BCUT2D eigenvalue weighted by atomic mass is 10.2. The highest BCUT2D eigenvalue weighted by molar-refractivity contribution is 5.97. The van der Waals surface area contributed by atoms with Crippen LogP contribution in [0.5, 0.6) is 0 Å². The van der Waals surface area contributed by atoms with Crippen molar-refractivity contribution in [3.8, 4) is 0 Å². The maximum absolute atomic E-state index is 8.74. The van der Waals surface area contributed by atoms with Crippen LogP contribution in [0.15, 0.2) is 53.8 Å². The van der Waals surface area contributed by atoms with Gasteiger partial charge in [-0.1, -0.05) is 35.5 Å². The Morgan fingerprint density at radius 2 is 2.05 bits per heavy atom. The van der Waals surface area contributed by atoms with E-state index in [0.717, 1.165) is 18.9 Å². The van der Waals surface area contributed by atoms with Crippen LogP contribution in [0.25, 0.3) is 0 Å². The molecule has 0 saturated heterocycles. The van der Waals surface area contributed by atoms with E-state index in [4.69, 9.17) is 10.9 Å². The van der Waals surface area contributed by atoms with Gasteiger partial charge in [0.15, 0.2) is 5.84 Å². The second-order valence-corrected chi connectivity index (χ2v) is 4.39. The molecule has 1 aromatic carbocycles. The Bertz CT molecular complexity index is 583. The van der Waals surface area contributed by atoms with Crippen LogP contribution in [0.1, 0.15) is 18.1 Å². The van der Waals surface area contributed by atoms with Gasteiger partial charge >= 0.3 is 0 Å². The number of rotatable bonds is 5. The monoisotopic (exact) mass is 270 g/mol. The van der Waals surface area contributed by atoms with Crippen molar-refractivity contribution in [2.45, 2.75) is 13.5 Å². The predicted octanol–water partition coefficient (Wildman–Crippen LogP) is 2.20. The summed E-state index contributed by atoms with van der Waals surface area (Å²) < 4.78 is 0. The minimum absolute atomic E-state index is 0.0874. The molecular formula is C15H18N4O. The highest BCUT2D eigenvalue weighted by Crippen LogP contribution is 2.15. The molecule has 0 spiro atoms. The largest absolute Gasteiger partial charge is 0.409 e. The molecule has 0 aliphatic heterocycles. The number of pyridine rings is 1. The van der Waals surface area contributed by atoms with Crippen LogP contribution in [0.2, 0.25) is 0 Å². The Kier molecular flexibility index (Phi) is 4.55. The molecule has 0 atom stereocenters. The molecule has 1 heterocycles. The molecule has 0 unspecified atom stereocenters. The molecule has 0 aliphatic rings. The van der Waals surface area contributed by atoms with Crippen molar-refractivity contribution in [2.24, 2.45) is 10.9 Å². The molecule has 5 nitrogen and oxygen atoms in total. The van der Waals surface area contributed by atoms with Gasteiger partial charge in [-0.2, -0.15) is 0 Å². The minimum Gasteiger partial charge on any atom is -0.409 e. The Hall–Kier alpha value is -2.56. The average Bonchev–Trinajstić information content (AvgIpc) is 2.53. The van der Waals surface area contributed by atoms with Crippen LogP contribution >= 0.6 is 0 Å². The lowest BCUT2D eigenvalue weighted by Crippen LogP contribution is -2.24. The third-order valence-electron chi connectivity index (χ3n) is 3.07. The zero-order chi connectivity index (χ0) is 14.4. The van der Waals surface area contributed by atoms with E-state index in [2.05, 4.69) is 34.1 Å². The van der Waals surface area contributed by atoms with Gasteiger partial charge in [-0.05, 0) is 24.6 Å². The predicted molar refractivity (Wildman–Crippen MR) is 79.9 cm³/mol. The summed E-state index contributed by atoms with van der Waals surface area (Å²) in [4.78, 5) is 6.49. The molecule has 0 radical (unpaired) electrons. The normalized spacial score (nSPS) is 11.3. The number of oxime groups is 1. The molecule has 3 N–H and O–H groups in total. The summed E-state index contributed by atoms with van der Waals surface area (Å²) in [6.07, 6.45) is 1.66. The standard InChI is InChI=1S/C15H18N4O/c1-2-19(11-12-6-4-3-5-7-12)14-10-13(8-9-17-14)15(16)18-20/h3-10,20H,2,11H2,1H3,(H2,16,18). The topological polar surface area (TPSA) is 74.7 Å². The molecular weight excluding hydrogens is 252 g/mol. The Balaban J connectivity index is 2.23. The zero-order valence-corrected chi connectivity index (χ0v) is 11.4. The SMILES string of the molecule is CCN(Cc1ccccc1)c1cc(/C(N)=N/O)ccn1. The van der Waals surface area contributed by atoms with Gasteiger partial charge in [-0.15, -0.1) is 0 Å². The summed E-state index contributed by atoms with van der Waals surface area (Å²) in [7, 11) is 0.